The lowest BCUT2D eigenvalue weighted by molar-refractivity contribution is -0.114. The van der Waals surface area contributed by atoms with Crippen molar-refractivity contribution in [2.24, 2.45) is 7.05 Å². The summed E-state index contributed by atoms with van der Waals surface area (Å²) in [6.45, 7) is 1.33. The molecule has 3 rings (SSSR count). The van der Waals surface area contributed by atoms with Crippen molar-refractivity contribution in [1.82, 2.24) is 20.2 Å². The zero-order valence-corrected chi connectivity index (χ0v) is 17.2. The molecular weight excluding hydrogens is 410 g/mol. The largest absolute Gasteiger partial charge is 0.326 e. The number of benzene rings is 2. The number of aryl methyl sites for hydroxylation is 1. The monoisotopic (exact) mass is 429 g/mol. The number of amides is 2. The maximum atomic E-state index is 12.9. The Kier molecular flexibility index (Phi) is 5.78. The van der Waals surface area contributed by atoms with Crippen molar-refractivity contribution in [1.29, 1.82) is 0 Å². The average Bonchev–Trinajstić information content (AvgIpc) is 3.07. The van der Waals surface area contributed by atoms with Gasteiger partial charge in [-0.05, 0) is 40.8 Å². The van der Waals surface area contributed by atoms with Gasteiger partial charge in [-0.3, -0.25) is 14.3 Å². The van der Waals surface area contributed by atoms with Crippen molar-refractivity contribution >= 4 is 38.9 Å². The Balaban J connectivity index is 1.93. The van der Waals surface area contributed by atoms with E-state index in [2.05, 4.69) is 30.9 Å². The SMILES string of the molecule is CC(=O)Nc1ccc(NS(C)(=O)=O)c(C(=O)Nc2cccc(-c3nnnn3C)c2)c1. The summed E-state index contributed by atoms with van der Waals surface area (Å²) in [5, 5.41) is 16.6. The van der Waals surface area contributed by atoms with Gasteiger partial charge in [0.25, 0.3) is 5.91 Å². The number of nitrogens with zero attached hydrogens (tertiary/aromatic N) is 4. The Morgan fingerprint density at radius 1 is 1.03 bits per heavy atom. The van der Waals surface area contributed by atoms with Crippen molar-refractivity contribution in [3.05, 3.63) is 48.0 Å². The minimum absolute atomic E-state index is 0.0393. The third-order valence-electron chi connectivity index (χ3n) is 3.88. The molecule has 0 bridgehead atoms. The van der Waals surface area contributed by atoms with Crippen LogP contribution in [0.5, 0.6) is 0 Å². The Bertz CT molecular complexity index is 1220. The number of sulfonamides is 1. The highest BCUT2D eigenvalue weighted by Crippen LogP contribution is 2.25. The maximum absolute atomic E-state index is 12.9. The molecule has 3 aromatic rings. The van der Waals surface area contributed by atoms with Gasteiger partial charge in [0, 0.05) is 30.9 Å². The highest BCUT2D eigenvalue weighted by atomic mass is 32.2. The summed E-state index contributed by atoms with van der Waals surface area (Å²) in [5.74, 6) is -0.380. The molecule has 2 amide bonds. The second kappa shape index (κ2) is 8.29. The number of hydrogen-bond donors (Lipinski definition) is 3. The second-order valence-corrected chi connectivity index (χ2v) is 8.23. The Hall–Kier alpha value is -3.80. The van der Waals surface area contributed by atoms with Gasteiger partial charge in [0.1, 0.15) is 0 Å². The first kappa shape index (κ1) is 20.9. The minimum atomic E-state index is -3.63. The summed E-state index contributed by atoms with van der Waals surface area (Å²) >= 11 is 0. The van der Waals surface area contributed by atoms with Crippen LogP contribution in [0.25, 0.3) is 11.4 Å². The number of aromatic nitrogens is 4. The summed E-state index contributed by atoms with van der Waals surface area (Å²) < 4.78 is 27.1. The number of anilines is 3. The molecule has 30 heavy (non-hydrogen) atoms. The van der Waals surface area contributed by atoms with Crippen LogP contribution < -0.4 is 15.4 Å². The first-order valence-corrected chi connectivity index (χ1v) is 10.5. The van der Waals surface area contributed by atoms with Gasteiger partial charge in [0.05, 0.1) is 17.5 Å². The fourth-order valence-corrected chi connectivity index (χ4v) is 3.29. The molecule has 0 radical (unpaired) electrons. The zero-order chi connectivity index (χ0) is 21.9. The number of rotatable bonds is 6. The maximum Gasteiger partial charge on any atom is 0.257 e. The van der Waals surface area contributed by atoms with Crippen molar-refractivity contribution in [2.45, 2.75) is 6.92 Å². The van der Waals surface area contributed by atoms with Crippen LogP contribution in [0.3, 0.4) is 0 Å². The number of tetrazole rings is 1. The van der Waals surface area contributed by atoms with Gasteiger partial charge < -0.3 is 10.6 Å². The lowest BCUT2D eigenvalue weighted by Crippen LogP contribution is -2.18. The van der Waals surface area contributed by atoms with Gasteiger partial charge in [0.2, 0.25) is 15.9 Å². The van der Waals surface area contributed by atoms with E-state index in [-0.39, 0.29) is 17.2 Å². The fraction of sp³-hybridized carbons (Fsp3) is 0.167. The molecule has 1 aromatic heterocycles. The minimum Gasteiger partial charge on any atom is -0.326 e. The fourth-order valence-electron chi connectivity index (χ4n) is 2.71. The molecule has 3 N–H and O–H groups in total. The van der Waals surface area contributed by atoms with Crippen molar-refractivity contribution in [2.75, 3.05) is 21.6 Å². The molecule has 0 aliphatic heterocycles. The van der Waals surface area contributed by atoms with Gasteiger partial charge in [-0.25, -0.2) is 13.1 Å². The summed E-state index contributed by atoms with van der Waals surface area (Å²) in [7, 11) is -1.93. The van der Waals surface area contributed by atoms with E-state index in [1.807, 2.05) is 0 Å². The molecule has 11 nitrogen and oxygen atoms in total. The molecule has 0 aliphatic rings. The quantitative estimate of drug-likeness (QED) is 0.537. The average molecular weight is 429 g/mol. The summed E-state index contributed by atoms with van der Waals surface area (Å²) in [5.41, 5.74) is 1.61. The van der Waals surface area contributed by atoms with E-state index in [9.17, 15) is 18.0 Å². The Morgan fingerprint density at radius 2 is 1.77 bits per heavy atom. The molecule has 1 heterocycles. The molecule has 156 valence electrons. The molecule has 0 spiro atoms. The first-order chi connectivity index (χ1) is 14.1. The van der Waals surface area contributed by atoms with Gasteiger partial charge in [-0.1, -0.05) is 12.1 Å². The van der Waals surface area contributed by atoms with Crippen LogP contribution in [0.4, 0.5) is 17.1 Å². The molecule has 0 unspecified atom stereocenters. The zero-order valence-electron chi connectivity index (χ0n) is 16.4. The number of hydrogen-bond acceptors (Lipinski definition) is 7. The van der Waals surface area contributed by atoms with E-state index in [1.54, 1.807) is 31.3 Å². The number of carbonyl (C=O) groups is 2. The lowest BCUT2D eigenvalue weighted by atomic mass is 10.1. The number of nitrogens with one attached hydrogen (secondary N) is 3. The summed E-state index contributed by atoms with van der Waals surface area (Å²) in [6.07, 6.45) is 0.981. The molecule has 0 saturated heterocycles. The van der Waals surface area contributed by atoms with Crippen molar-refractivity contribution < 1.29 is 18.0 Å². The Morgan fingerprint density at radius 3 is 2.40 bits per heavy atom. The van der Waals surface area contributed by atoms with Crippen LogP contribution >= 0.6 is 0 Å². The molecule has 2 aromatic carbocycles. The van der Waals surface area contributed by atoms with E-state index in [4.69, 9.17) is 0 Å². The highest BCUT2D eigenvalue weighted by Gasteiger charge is 2.17. The van der Waals surface area contributed by atoms with Gasteiger partial charge in [-0.2, -0.15) is 0 Å². The third-order valence-corrected chi connectivity index (χ3v) is 4.47. The standard InChI is InChI=1S/C18H19N7O4S/c1-11(26)19-14-7-8-16(22-30(3,28)29)15(10-14)18(27)20-13-6-4-5-12(9-13)17-21-23-24-25(17)2/h4-10,22H,1-3H3,(H,19,26)(H,20,27). The van der Waals surface area contributed by atoms with Crippen LogP contribution in [-0.2, 0) is 21.9 Å². The highest BCUT2D eigenvalue weighted by molar-refractivity contribution is 7.92. The van der Waals surface area contributed by atoms with Crippen LogP contribution in [0.2, 0.25) is 0 Å². The summed E-state index contributed by atoms with van der Waals surface area (Å²) in [6, 6.07) is 11.2. The van der Waals surface area contributed by atoms with E-state index < -0.39 is 15.9 Å². The van der Waals surface area contributed by atoms with Crippen LogP contribution in [0.1, 0.15) is 17.3 Å². The van der Waals surface area contributed by atoms with Crippen LogP contribution in [0, 0.1) is 0 Å². The first-order valence-electron chi connectivity index (χ1n) is 8.66. The predicted octanol–water partition coefficient (Wildman–Crippen LogP) is 1.46. The van der Waals surface area contributed by atoms with Crippen molar-refractivity contribution in [3.63, 3.8) is 0 Å². The molecule has 0 aliphatic carbocycles. The molecule has 0 atom stereocenters. The van der Waals surface area contributed by atoms with Crippen LogP contribution in [0.15, 0.2) is 42.5 Å². The number of carbonyl (C=O) groups excluding carboxylic acids is 2. The van der Waals surface area contributed by atoms with Crippen LogP contribution in [-0.4, -0.2) is 46.7 Å². The van der Waals surface area contributed by atoms with E-state index in [0.717, 1.165) is 6.26 Å². The Labute approximate surface area is 172 Å². The van der Waals surface area contributed by atoms with Gasteiger partial charge in [0.15, 0.2) is 5.82 Å². The van der Waals surface area contributed by atoms with Gasteiger partial charge in [-0.15, -0.1) is 5.10 Å². The van der Waals surface area contributed by atoms with E-state index in [0.29, 0.717) is 22.8 Å². The molecule has 0 fully saturated rings. The van der Waals surface area contributed by atoms with E-state index in [1.165, 1.54) is 29.8 Å². The smallest absolute Gasteiger partial charge is 0.257 e. The second-order valence-electron chi connectivity index (χ2n) is 6.48. The topological polar surface area (TPSA) is 148 Å². The van der Waals surface area contributed by atoms with Gasteiger partial charge >= 0.3 is 0 Å². The normalized spacial score (nSPS) is 11.0. The van der Waals surface area contributed by atoms with E-state index >= 15 is 0 Å². The predicted molar refractivity (Wildman–Crippen MR) is 111 cm³/mol. The summed E-state index contributed by atoms with van der Waals surface area (Å²) in [4.78, 5) is 24.3. The van der Waals surface area contributed by atoms with Crippen molar-refractivity contribution in [3.8, 4) is 11.4 Å². The lowest BCUT2D eigenvalue weighted by Gasteiger charge is -2.13. The molecule has 12 heteroatoms. The molecular formula is C18H19N7O4S. The third kappa shape index (κ3) is 5.17. The molecule has 0 saturated carbocycles.